The first-order valence-electron chi connectivity index (χ1n) is 7.13. The van der Waals surface area contributed by atoms with Gasteiger partial charge in [-0.05, 0) is 30.7 Å². The van der Waals surface area contributed by atoms with Gasteiger partial charge in [0.15, 0.2) is 0 Å². The molecule has 0 saturated carbocycles. The monoisotopic (exact) mass is 357 g/mol. The number of furan rings is 1. The third-order valence-electron chi connectivity index (χ3n) is 3.09. The lowest BCUT2D eigenvalue weighted by Crippen LogP contribution is -2.28. The molecule has 0 saturated heterocycles. The molecular weight excluding hydrogens is 341 g/mol. The quantitative estimate of drug-likeness (QED) is 0.708. The van der Waals surface area contributed by atoms with E-state index in [2.05, 4.69) is 5.32 Å². The predicted molar refractivity (Wildman–Crippen MR) is 87.9 cm³/mol. The van der Waals surface area contributed by atoms with Gasteiger partial charge in [-0.25, -0.2) is 0 Å². The molecule has 2 aromatic rings. The van der Waals surface area contributed by atoms with Crippen molar-refractivity contribution in [1.82, 2.24) is 5.32 Å². The predicted octanol–water partition coefficient (Wildman–Crippen LogP) is 3.60. The lowest BCUT2D eigenvalue weighted by atomic mass is 10.2. The van der Waals surface area contributed by atoms with E-state index in [1.165, 1.54) is 6.26 Å². The highest BCUT2D eigenvalue weighted by atomic mass is 35.5. The highest BCUT2D eigenvalue weighted by Gasteiger charge is 2.12. The molecular formula is C16H17Cl2NO4. The van der Waals surface area contributed by atoms with Crippen molar-refractivity contribution in [1.29, 1.82) is 0 Å². The van der Waals surface area contributed by atoms with Gasteiger partial charge in [-0.1, -0.05) is 29.3 Å². The smallest absolute Gasteiger partial charge is 0.220 e. The molecule has 124 valence electrons. The minimum Gasteiger partial charge on any atom is -0.492 e. The van der Waals surface area contributed by atoms with Gasteiger partial charge >= 0.3 is 0 Å². The third-order valence-corrected chi connectivity index (χ3v) is 3.89. The van der Waals surface area contributed by atoms with Gasteiger partial charge in [-0.15, -0.1) is 0 Å². The van der Waals surface area contributed by atoms with E-state index in [0.717, 1.165) is 0 Å². The van der Waals surface area contributed by atoms with Gasteiger partial charge in [0.2, 0.25) is 5.91 Å². The van der Waals surface area contributed by atoms with Gasteiger partial charge in [0.05, 0.1) is 24.4 Å². The highest BCUT2D eigenvalue weighted by Crippen LogP contribution is 2.31. The zero-order valence-electron chi connectivity index (χ0n) is 12.3. The van der Waals surface area contributed by atoms with E-state index in [1.54, 1.807) is 30.3 Å². The minimum atomic E-state index is -0.851. The Hall–Kier alpha value is -1.69. The first-order valence-corrected chi connectivity index (χ1v) is 7.88. The molecule has 1 amide bonds. The van der Waals surface area contributed by atoms with Crippen LogP contribution < -0.4 is 10.1 Å². The molecule has 0 fully saturated rings. The molecule has 5 nitrogen and oxygen atoms in total. The van der Waals surface area contributed by atoms with Crippen LogP contribution in [0.2, 0.25) is 10.0 Å². The van der Waals surface area contributed by atoms with Gasteiger partial charge in [0.25, 0.3) is 0 Å². The summed E-state index contributed by atoms with van der Waals surface area (Å²) in [6, 6.07) is 8.47. The number of halogens is 2. The Labute approximate surface area is 144 Å². The number of ether oxygens (including phenoxy) is 1. The van der Waals surface area contributed by atoms with E-state index in [1.807, 2.05) is 0 Å². The Morgan fingerprint density at radius 1 is 1.30 bits per heavy atom. The molecule has 7 heteroatoms. The maximum atomic E-state index is 11.7. The Balaban J connectivity index is 1.64. The molecule has 0 aliphatic carbocycles. The van der Waals surface area contributed by atoms with E-state index < -0.39 is 6.10 Å². The molecule has 0 bridgehead atoms. The molecule has 0 radical (unpaired) electrons. The summed E-state index contributed by atoms with van der Waals surface area (Å²) >= 11 is 11.9. The number of carbonyl (C=O) groups excluding carboxylic acids is 1. The zero-order valence-corrected chi connectivity index (χ0v) is 13.8. The van der Waals surface area contributed by atoms with Crippen molar-refractivity contribution in [3.05, 3.63) is 52.4 Å². The molecule has 1 unspecified atom stereocenters. The van der Waals surface area contributed by atoms with Crippen LogP contribution in [0.5, 0.6) is 5.75 Å². The SMILES string of the molecule is O=C(CCCOc1cccc(Cl)c1Cl)NCC(O)c1ccco1. The maximum absolute atomic E-state index is 11.7. The summed E-state index contributed by atoms with van der Waals surface area (Å²) in [5.41, 5.74) is 0. The molecule has 2 rings (SSSR count). The van der Waals surface area contributed by atoms with Gasteiger partial charge < -0.3 is 19.6 Å². The number of aliphatic hydroxyl groups excluding tert-OH is 1. The summed E-state index contributed by atoms with van der Waals surface area (Å²) in [6.45, 7) is 0.446. The molecule has 23 heavy (non-hydrogen) atoms. The fourth-order valence-corrected chi connectivity index (χ4v) is 2.24. The normalized spacial score (nSPS) is 12.0. The number of nitrogens with one attached hydrogen (secondary N) is 1. The number of rotatable bonds is 8. The topological polar surface area (TPSA) is 71.7 Å². The fourth-order valence-electron chi connectivity index (χ4n) is 1.89. The van der Waals surface area contributed by atoms with Crippen molar-refractivity contribution < 1.29 is 19.1 Å². The first-order chi connectivity index (χ1) is 11.1. The summed E-state index contributed by atoms with van der Waals surface area (Å²) < 4.78 is 10.5. The summed E-state index contributed by atoms with van der Waals surface area (Å²) in [5, 5.41) is 13.2. The van der Waals surface area contributed by atoms with Crippen molar-refractivity contribution in [2.24, 2.45) is 0 Å². The van der Waals surface area contributed by atoms with Crippen LogP contribution in [0.25, 0.3) is 0 Å². The highest BCUT2D eigenvalue weighted by molar-refractivity contribution is 6.42. The van der Waals surface area contributed by atoms with E-state index in [9.17, 15) is 9.90 Å². The van der Waals surface area contributed by atoms with Gasteiger partial charge in [0, 0.05) is 6.42 Å². The Kier molecular flexibility index (Phi) is 6.77. The van der Waals surface area contributed by atoms with E-state index >= 15 is 0 Å². The van der Waals surface area contributed by atoms with Crippen LogP contribution in [0.15, 0.2) is 41.0 Å². The van der Waals surface area contributed by atoms with Crippen LogP contribution in [0.1, 0.15) is 24.7 Å². The molecule has 1 aromatic heterocycles. The van der Waals surface area contributed by atoms with Gasteiger partial charge in [0.1, 0.15) is 22.6 Å². The maximum Gasteiger partial charge on any atom is 0.220 e. The average Bonchev–Trinajstić information content (AvgIpc) is 3.07. The molecule has 1 aromatic carbocycles. The Morgan fingerprint density at radius 2 is 2.13 bits per heavy atom. The number of benzene rings is 1. The lowest BCUT2D eigenvalue weighted by molar-refractivity contribution is -0.121. The van der Waals surface area contributed by atoms with E-state index in [0.29, 0.717) is 34.6 Å². The number of carbonyl (C=O) groups is 1. The van der Waals surface area contributed by atoms with Crippen LogP contribution in [0.3, 0.4) is 0 Å². The zero-order chi connectivity index (χ0) is 16.7. The Bertz CT molecular complexity index is 631. The van der Waals surface area contributed by atoms with Crippen LogP contribution in [-0.4, -0.2) is 24.2 Å². The van der Waals surface area contributed by atoms with Crippen LogP contribution in [-0.2, 0) is 4.79 Å². The largest absolute Gasteiger partial charge is 0.492 e. The minimum absolute atomic E-state index is 0.104. The van der Waals surface area contributed by atoms with Crippen molar-refractivity contribution in [2.75, 3.05) is 13.2 Å². The first kappa shape index (κ1) is 17.7. The van der Waals surface area contributed by atoms with Crippen molar-refractivity contribution in [3.8, 4) is 5.75 Å². The summed E-state index contributed by atoms with van der Waals surface area (Å²) in [5.74, 6) is 0.744. The molecule has 0 aliphatic rings. The standard InChI is InChI=1S/C16H17Cl2NO4/c17-11-4-1-5-14(16(11)18)23-9-3-7-15(21)19-10-12(20)13-6-2-8-22-13/h1-2,4-6,8,12,20H,3,7,9-10H2,(H,19,21). The third kappa shape index (κ3) is 5.46. The lowest BCUT2D eigenvalue weighted by Gasteiger charge is -2.10. The van der Waals surface area contributed by atoms with E-state index in [4.69, 9.17) is 32.4 Å². The Morgan fingerprint density at radius 3 is 2.87 bits per heavy atom. The summed E-state index contributed by atoms with van der Waals surface area (Å²) in [6.07, 6.45) is 1.42. The van der Waals surface area contributed by atoms with Crippen molar-refractivity contribution in [2.45, 2.75) is 18.9 Å². The molecule has 0 aliphatic heterocycles. The van der Waals surface area contributed by atoms with Crippen molar-refractivity contribution >= 4 is 29.1 Å². The second-order valence-corrected chi connectivity index (χ2v) is 5.62. The fraction of sp³-hybridized carbons (Fsp3) is 0.312. The number of aliphatic hydroxyl groups is 1. The summed E-state index contributed by atoms with van der Waals surface area (Å²) in [7, 11) is 0. The van der Waals surface area contributed by atoms with E-state index in [-0.39, 0.29) is 18.9 Å². The second kappa shape index (κ2) is 8.82. The van der Waals surface area contributed by atoms with Crippen LogP contribution in [0.4, 0.5) is 0 Å². The number of amides is 1. The van der Waals surface area contributed by atoms with Gasteiger partial charge in [-0.2, -0.15) is 0 Å². The molecule has 1 atom stereocenters. The van der Waals surface area contributed by atoms with Gasteiger partial charge in [-0.3, -0.25) is 4.79 Å². The van der Waals surface area contributed by atoms with Crippen LogP contribution in [0, 0.1) is 0 Å². The average molecular weight is 358 g/mol. The van der Waals surface area contributed by atoms with Crippen LogP contribution >= 0.6 is 23.2 Å². The van der Waals surface area contributed by atoms with Crippen molar-refractivity contribution in [3.63, 3.8) is 0 Å². The number of hydrogen-bond donors (Lipinski definition) is 2. The number of hydrogen-bond acceptors (Lipinski definition) is 4. The summed E-state index contributed by atoms with van der Waals surface area (Å²) in [4.78, 5) is 11.7. The molecule has 2 N–H and O–H groups in total. The molecule has 1 heterocycles. The second-order valence-electron chi connectivity index (χ2n) is 4.84. The molecule has 0 spiro atoms.